The number of allylic oxidation sites excluding steroid dienone is 8. The molecule has 0 unspecified atom stereocenters. The summed E-state index contributed by atoms with van der Waals surface area (Å²) < 4.78 is -2.92. The second kappa shape index (κ2) is 17.1. The summed E-state index contributed by atoms with van der Waals surface area (Å²) in [6, 6.07) is 12.3. The fraction of sp³-hybridized carbons (Fsp3) is 0.167. The van der Waals surface area contributed by atoms with Crippen LogP contribution in [0.5, 0.6) is 11.5 Å². The Kier molecular flexibility index (Phi) is 16.9. The van der Waals surface area contributed by atoms with E-state index in [4.69, 9.17) is 79.8 Å². The summed E-state index contributed by atoms with van der Waals surface area (Å²) in [5.74, 6) is 0.183. The van der Waals surface area contributed by atoms with E-state index in [1.165, 1.54) is 24.3 Å². The third kappa shape index (κ3) is 16.0. The van der Waals surface area contributed by atoms with Gasteiger partial charge >= 0.3 is 26.2 Å². The number of aromatic hydroxyl groups is 2. The normalized spacial score (nSPS) is 13.0. The standard InChI is InChI=1S/2C7H5Cl3O.2C5H5.Zr/c2*8-7(9,10)5-2-1-3-6(11)4-5;2*1-2-4-5-3-1;/h2*1-4,11H;2*1-3H,4H2;/q;;2*-1;+2. The molecule has 9 heteroatoms. The Morgan fingerprint density at radius 2 is 1.00 bits per heavy atom. The van der Waals surface area contributed by atoms with Crippen molar-refractivity contribution >= 4 is 69.6 Å². The van der Waals surface area contributed by atoms with E-state index in [2.05, 4.69) is 24.3 Å². The molecule has 2 aliphatic carbocycles. The van der Waals surface area contributed by atoms with Crippen LogP contribution in [0.25, 0.3) is 0 Å². The van der Waals surface area contributed by atoms with Crippen molar-refractivity contribution in [3.8, 4) is 11.5 Å². The molecule has 0 saturated heterocycles. The van der Waals surface area contributed by atoms with Crippen molar-refractivity contribution in [3.05, 3.63) is 108 Å². The summed E-state index contributed by atoms with van der Waals surface area (Å²) in [5, 5.41) is 18.0. The van der Waals surface area contributed by atoms with Gasteiger partial charge < -0.3 is 10.2 Å². The number of phenolic OH excluding ortho intramolecular Hbond substituents is 2. The topological polar surface area (TPSA) is 40.5 Å². The van der Waals surface area contributed by atoms with Gasteiger partial charge in [0.1, 0.15) is 11.5 Å². The number of alkyl halides is 6. The molecule has 2 aromatic rings. The van der Waals surface area contributed by atoms with Crippen molar-refractivity contribution in [2.45, 2.75) is 20.4 Å². The summed E-state index contributed by atoms with van der Waals surface area (Å²) in [7, 11) is 0. The first kappa shape index (κ1) is 32.6. The Morgan fingerprint density at radius 3 is 1.15 bits per heavy atom. The third-order valence-electron chi connectivity index (χ3n) is 3.52. The number of hydrogen-bond donors (Lipinski definition) is 2. The summed E-state index contributed by atoms with van der Waals surface area (Å²) in [6.45, 7) is 0. The maximum atomic E-state index is 9.00. The van der Waals surface area contributed by atoms with Gasteiger partial charge in [-0.3, -0.25) is 12.2 Å². The number of phenols is 2. The van der Waals surface area contributed by atoms with E-state index < -0.39 is 7.59 Å². The zero-order valence-corrected chi connectivity index (χ0v) is 24.2. The van der Waals surface area contributed by atoms with E-state index in [1.54, 1.807) is 24.3 Å². The van der Waals surface area contributed by atoms with E-state index in [0.717, 1.165) is 12.8 Å². The smallest absolute Gasteiger partial charge is 0.508 e. The largest absolute Gasteiger partial charge is 2.00 e. The van der Waals surface area contributed by atoms with Gasteiger partial charge in [-0.2, -0.15) is 12.2 Å². The van der Waals surface area contributed by atoms with Crippen LogP contribution in [-0.4, -0.2) is 10.2 Å². The molecular weight excluding hydrogens is 624 g/mol. The second-order valence-electron chi connectivity index (χ2n) is 6.10. The molecule has 174 valence electrons. The number of rotatable bonds is 0. The van der Waals surface area contributed by atoms with Crippen molar-refractivity contribution in [1.82, 2.24) is 0 Å². The minimum absolute atomic E-state index is 0. The Labute approximate surface area is 244 Å². The SMILES string of the molecule is Oc1cccc(C(Cl)(Cl)Cl)c1.Oc1cccc(C(Cl)(Cl)Cl)c1.[C-]1=CC=CC1.[C-]1=CC=CC1.[Zr+2]. The Hall–Kier alpha value is -0.377. The van der Waals surface area contributed by atoms with E-state index in [0.29, 0.717) is 11.1 Å². The van der Waals surface area contributed by atoms with Gasteiger partial charge in [0.25, 0.3) is 0 Å². The number of hydrogen-bond acceptors (Lipinski definition) is 2. The molecule has 2 aromatic carbocycles. The average Bonchev–Trinajstić information content (AvgIpc) is 3.46. The molecule has 0 amide bonds. The van der Waals surface area contributed by atoms with Gasteiger partial charge in [-0.1, -0.05) is 93.9 Å². The molecule has 0 heterocycles. The van der Waals surface area contributed by atoms with Crippen molar-refractivity contribution in [2.75, 3.05) is 0 Å². The first-order valence-electron chi connectivity index (χ1n) is 9.16. The predicted molar refractivity (Wildman–Crippen MR) is 138 cm³/mol. The van der Waals surface area contributed by atoms with Gasteiger partial charge in [0.2, 0.25) is 7.59 Å². The molecule has 33 heavy (non-hydrogen) atoms. The molecule has 2 N–H and O–H groups in total. The molecule has 2 nitrogen and oxygen atoms in total. The second-order valence-corrected chi connectivity index (χ2v) is 10.7. The minimum Gasteiger partial charge on any atom is -0.508 e. The van der Waals surface area contributed by atoms with Crippen LogP contribution in [0.4, 0.5) is 0 Å². The van der Waals surface area contributed by atoms with Crippen LogP contribution in [0.1, 0.15) is 24.0 Å². The molecule has 0 fully saturated rings. The van der Waals surface area contributed by atoms with Gasteiger partial charge in [0.15, 0.2) is 0 Å². The van der Waals surface area contributed by atoms with Crippen LogP contribution in [0.3, 0.4) is 0 Å². The van der Waals surface area contributed by atoms with Crippen LogP contribution in [0.15, 0.2) is 85.0 Å². The Balaban J connectivity index is 0.000000434. The Bertz CT molecular complexity index is 847. The van der Waals surface area contributed by atoms with Crippen LogP contribution < -0.4 is 0 Å². The minimum atomic E-state index is -1.46. The van der Waals surface area contributed by atoms with E-state index in [9.17, 15) is 0 Å². The first-order valence-corrected chi connectivity index (χ1v) is 11.4. The van der Waals surface area contributed by atoms with Gasteiger partial charge in [0.05, 0.1) is 0 Å². The first-order chi connectivity index (χ1) is 15.0. The van der Waals surface area contributed by atoms with Crippen molar-refractivity contribution < 1.29 is 36.4 Å². The van der Waals surface area contributed by atoms with Crippen LogP contribution in [0, 0.1) is 12.2 Å². The molecule has 0 radical (unpaired) electrons. The number of halogens is 6. The summed E-state index contributed by atoms with van der Waals surface area (Å²) in [6.07, 6.45) is 20.0. The van der Waals surface area contributed by atoms with Gasteiger partial charge in [-0.15, -0.1) is 12.8 Å². The fourth-order valence-corrected chi connectivity index (χ4v) is 2.75. The van der Waals surface area contributed by atoms with Crippen molar-refractivity contribution in [3.63, 3.8) is 0 Å². The quantitative estimate of drug-likeness (QED) is 0.222. The van der Waals surface area contributed by atoms with E-state index in [-0.39, 0.29) is 37.7 Å². The third-order valence-corrected chi connectivity index (χ3v) is 4.83. The molecule has 0 aliphatic heterocycles. The monoisotopic (exact) mass is 640 g/mol. The molecular formula is C24H20Cl6O2Zr. The molecule has 2 aliphatic rings. The fourth-order valence-electron chi connectivity index (χ4n) is 2.04. The summed E-state index contributed by atoms with van der Waals surface area (Å²) >= 11 is 33.3. The van der Waals surface area contributed by atoms with E-state index >= 15 is 0 Å². The van der Waals surface area contributed by atoms with Gasteiger partial charge in [-0.05, 0) is 24.3 Å². The molecule has 0 bridgehead atoms. The Morgan fingerprint density at radius 1 is 0.636 bits per heavy atom. The maximum Gasteiger partial charge on any atom is 2.00 e. The zero-order chi connectivity index (χ0) is 24.0. The van der Waals surface area contributed by atoms with Crippen LogP contribution in [-0.2, 0) is 33.8 Å². The average molecular weight is 644 g/mol. The molecule has 0 spiro atoms. The maximum absolute atomic E-state index is 9.00. The van der Waals surface area contributed by atoms with Gasteiger partial charge in [0, 0.05) is 11.1 Å². The molecule has 0 atom stereocenters. The number of benzene rings is 2. The van der Waals surface area contributed by atoms with Crippen molar-refractivity contribution in [2.24, 2.45) is 0 Å². The zero-order valence-electron chi connectivity index (χ0n) is 17.2. The molecule has 4 rings (SSSR count). The van der Waals surface area contributed by atoms with Crippen LogP contribution in [0.2, 0.25) is 0 Å². The predicted octanol–water partition coefficient (Wildman–Crippen LogP) is 9.05. The summed E-state index contributed by atoms with van der Waals surface area (Å²) in [5.41, 5.74) is 0.921. The van der Waals surface area contributed by atoms with Gasteiger partial charge in [-0.25, -0.2) is 24.3 Å². The molecule has 0 aromatic heterocycles. The van der Waals surface area contributed by atoms with Crippen LogP contribution >= 0.6 is 69.6 Å². The summed E-state index contributed by atoms with van der Waals surface area (Å²) in [4.78, 5) is 0. The van der Waals surface area contributed by atoms with Crippen molar-refractivity contribution in [1.29, 1.82) is 0 Å². The molecule has 0 saturated carbocycles. The van der Waals surface area contributed by atoms with E-state index in [1.807, 2.05) is 24.3 Å².